The molecule has 0 aliphatic carbocycles. The van der Waals surface area contributed by atoms with Crippen molar-refractivity contribution in [3.05, 3.63) is 27.2 Å². The van der Waals surface area contributed by atoms with Gasteiger partial charge in [-0.05, 0) is 0 Å². The van der Waals surface area contributed by atoms with Gasteiger partial charge in [-0.1, -0.05) is 0 Å². The third-order valence-electron chi connectivity index (χ3n) is 3.57. The summed E-state index contributed by atoms with van der Waals surface area (Å²) in [4.78, 5) is 28.9. The van der Waals surface area contributed by atoms with Crippen molar-refractivity contribution in [2.45, 2.75) is 0 Å². The van der Waals surface area contributed by atoms with Gasteiger partial charge >= 0.3 is 5.69 Å². The molecule has 0 unspecified atom stereocenters. The van der Waals surface area contributed by atoms with E-state index in [4.69, 9.17) is 15.3 Å². The molecule has 0 fully saturated rings. The maximum Gasteiger partial charge on any atom is 0.332 e. The van der Waals surface area contributed by atoms with Crippen LogP contribution in [0.25, 0.3) is 11.2 Å². The number of rotatable bonds is 6. The number of aliphatic hydroxyl groups excluding tert-OH is 3. The molecule has 10 nitrogen and oxygen atoms in total. The molecular formula is C14H25N5O5. The third kappa shape index (κ3) is 4.51. The van der Waals surface area contributed by atoms with Crippen LogP contribution in [-0.4, -0.2) is 78.4 Å². The molecule has 0 aromatic carbocycles. The van der Waals surface area contributed by atoms with Crippen LogP contribution >= 0.6 is 0 Å². The van der Waals surface area contributed by atoms with Crippen LogP contribution in [0.2, 0.25) is 0 Å². The van der Waals surface area contributed by atoms with Crippen LogP contribution < -0.4 is 11.2 Å². The maximum absolute atomic E-state index is 11.7. The van der Waals surface area contributed by atoms with Crippen molar-refractivity contribution in [2.24, 2.45) is 21.1 Å². The van der Waals surface area contributed by atoms with Crippen molar-refractivity contribution in [1.82, 2.24) is 23.6 Å². The highest BCUT2D eigenvalue weighted by molar-refractivity contribution is 5.69. The molecule has 2 rings (SSSR count). The van der Waals surface area contributed by atoms with E-state index in [1.54, 1.807) is 23.6 Å². The maximum atomic E-state index is 11.7. The number of aryl methyl sites for hydroxylation is 2. The van der Waals surface area contributed by atoms with Gasteiger partial charge < -0.3 is 19.9 Å². The number of nitrogens with zero attached hydrogens (tertiary/aromatic N) is 5. The normalized spacial score (nSPS) is 11.0. The van der Waals surface area contributed by atoms with Gasteiger partial charge in [-0.2, -0.15) is 0 Å². The Hall–Kier alpha value is -2.01. The monoisotopic (exact) mass is 343 g/mol. The molecule has 0 saturated heterocycles. The summed E-state index contributed by atoms with van der Waals surface area (Å²) >= 11 is 0. The van der Waals surface area contributed by atoms with Gasteiger partial charge in [0.25, 0.3) is 5.56 Å². The Bertz CT molecular complexity index is 749. The molecule has 0 saturated carbocycles. The molecule has 0 bridgehead atoms. The molecule has 3 N–H and O–H groups in total. The first kappa shape index (κ1) is 20.0. The summed E-state index contributed by atoms with van der Waals surface area (Å²) in [6, 6.07) is 0. The Balaban J connectivity index is 0.000000257. The first-order valence-corrected chi connectivity index (χ1v) is 7.51. The summed E-state index contributed by atoms with van der Waals surface area (Å²) in [6.45, 7) is 1.75. The highest BCUT2D eigenvalue weighted by Crippen LogP contribution is 2.01. The summed E-state index contributed by atoms with van der Waals surface area (Å²) in [5, 5.41) is 25.5. The lowest BCUT2D eigenvalue weighted by Crippen LogP contribution is -2.37. The van der Waals surface area contributed by atoms with E-state index in [1.807, 2.05) is 0 Å². The molecule has 0 aliphatic heterocycles. The van der Waals surface area contributed by atoms with Gasteiger partial charge in [-0.25, -0.2) is 9.78 Å². The first-order chi connectivity index (χ1) is 11.4. The van der Waals surface area contributed by atoms with Crippen LogP contribution in [0.4, 0.5) is 0 Å². The van der Waals surface area contributed by atoms with E-state index < -0.39 is 0 Å². The molecule has 2 aromatic heterocycles. The number of aromatic nitrogens is 4. The van der Waals surface area contributed by atoms with E-state index in [9.17, 15) is 9.59 Å². The average Bonchev–Trinajstić information content (AvgIpc) is 2.94. The Kier molecular flexibility index (Phi) is 7.79. The lowest BCUT2D eigenvalue weighted by Gasteiger charge is -2.17. The summed E-state index contributed by atoms with van der Waals surface area (Å²) in [6.07, 6.45) is 1.52. The van der Waals surface area contributed by atoms with Crippen molar-refractivity contribution in [2.75, 3.05) is 39.5 Å². The molecule has 0 atom stereocenters. The standard InChI is InChI=1S/C8H10N4O2.C6H15NO3/c1-10-4-9-6-5(10)7(13)12(3)8(14)11(6)2;8-4-1-7(2-5-9)3-6-10/h4H,1-3H3;8-10H,1-6H2. The van der Waals surface area contributed by atoms with E-state index >= 15 is 0 Å². The van der Waals surface area contributed by atoms with Gasteiger partial charge in [0.05, 0.1) is 26.1 Å². The Morgan fingerprint density at radius 3 is 1.92 bits per heavy atom. The number of hydrogen-bond acceptors (Lipinski definition) is 7. The predicted octanol–water partition coefficient (Wildman–Crippen LogP) is -2.76. The molecule has 0 amide bonds. The van der Waals surface area contributed by atoms with Gasteiger partial charge in [0.2, 0.25) is 0 Å². The summed E-state index contributed by atoms with van der Waals surface area (Å²) in [5.41, 5.74) is 0.180. The van der Waals surface area contributed by atoms with Gasteiger partial charge in [-0.15, -0.1) is 0 Å². The summed E-state index contributed by atoms with van der Waals surface area (Å²) in [7, 11) is 4.77. The number of aliphatic hydroxyl groups is 3. The predicted molar refractivity (Wildman–Crippen MR) is 88.9 cm³/mol. The van der Waals surface area contributed by atoms with E-state index in [2.05, 4.69) is 4.98 Å². The van der Waals surface area contributed by atoms with Crippen LogP contribution in [0.15, 0.2) is 15.9 Å². The van der Waals surface area contributed by atoms with E-state index in [1.165, 1.54) is 17.9 Å². The van der Waals surface area contributed by atoms with Crippen molar-refractivity contribution < 1.29 is 15.3 Å². The Labute approximate surface area is 138 Å². The van der Waals surface area contributed by atoms with Crippen LogP contribution in [-0.2, 0) is 21.1 Å². The number of imidazole rings is 1. The fourth-order valence-electron chi connectivity index (χ4n) is 2.23. The average molecular weight is 343 g/mol. The zero-order chi connectivity index (χ0) is 18.3. The quantitative estimate of drug-likeness (QED) is 0.518. The largest absolute Gasteiger partial charge is 0.395 e. The smallest absolute Gasteiger partial charge is 0.332 e. The van der Waals surface area contributed by atoms with Crippen molar-refractivity contribution in [3.63, 3.8) is 0 Å². The third-order valence-corrected chi connectivity index (χ3v) is 3.57. The van der Waals surface area contributed by atoms with E-state index in [0.29, 0.717) is 30.8 Å². The lowest BCUT2D eigenvalue weighted by atomic mass is 10.4. The molecular weight excluding hydrogens is 318 g/mol. The van der Waals surface area contributed by atoms with Gasteiger partial charge in [0.1, 0.15) is 0 Å². The van der Waals surface area contributed by atoms with Crippen LogP contribution in [0.5, 0.6) is 0 Å². The van der Waals surface area contributed by atoms with Crippen molar-refractivity contribution >= 4 is 11.2 Å². The van der Waals surface area contributed by atoms with Crippen molar-refractivity contribution in [3.8, 4) is 0 Å². The fraction of sp³-hybridized carbons (Fsp3) is 0.643. The summed E-state index contributed by atoms with van der Waals surface area (Å²) < 4.78 is 4.04. The zero-order valence-electron chi connectivity index (χ0n) is 14.2. The second kappa shape index (κ2) is 9.33. The second-order valence-corrected chi connectivity index (χ2v) is 5.25. The molecule has 136 valence electrons. The number of hydrogen-bond donors (Lipinski definition) is 3. The minimum absolute atomic E-state index is 0.0694. The molecule has 10 heteroatoms. The first-order valence-electron chi connectivity index (χ1n) is 7.51. The molecule has 0 aliphatic rings. The minimum Gasteiger partial charge on any atom is -0.395 e. The Morgan fingerprint density at radius 2 is 1.46 bits per heavy atom. The van der Waals surface area contributed by atoms with Gasteiger partial charge in [-0.3, -0.25) is 18.8 Å². The zero-order valence-corrected chi connectivity index (χ0v) is 14.2. The van der Waals surface area contributed by atoms with E-state index in [-0.39, 0.29) is 31.1 Å². The lowest BCUT2D eigenvalue weighted by molar-refractivity contribution is 0.136. The highest BCUT2D eigenvalue weighted by atomic mass is 16.3. The molecule has 0 radical (unpaired) electrons. The molecule has 0 spiro atoms. The molecule has 2 aromatic rings. The SMILES string of the molecule is Cn1c(=O)c2c(ncn2C)n(C)c1=O.OCCN(CCO)CCO. The van der Waals surface area contributed by atoms with E-state index in [0.717, 1.165) is 4.57 Å². The van der Waals surface area contributed by atoms with Crippen LogP contribution in [0.1, 0.15) is 0 Å². The highest BCUT2D eigenvalue weighted by Gasteiger charge is 2.11. The Morgan fingerprint density at radius 1 is 0.958 bits per heavy atom. The number of fused-ring (bicyclic) bond motifs is 1. The van der Waals surface area contributed by atoms with Gasteiger partial charge in [0.15, 0.2) is 11.2 Å². The molecule has 24 heavy (non-hydrogen) atoms. The van der Waals surface area contributed by atoms with Crippen molar-refractivity contribution in [1.29, 1.82) is 0 Å². The van der Waals surface area contributed by atoms with Gasteiger partial charge in [0, 0.05) is 40.8 Å². The fourth-order valence-corrected chi connectivity index (χ4v) is 2.23. The van der Waals surface area contributed by atoms with Crippen LogP contribution in [0.3, 0.4) is 0 Å². The second-order valence-electron chi connectivity index (χ2n) is 5.25. The topological polar surface area (TPSA) is 126 Å². The minimum atomic E-state index is -0.360. The summed E-state index contributed by atoms with van der Waals surface area (Å²) in [5.74, 6) is 0. The molecule has 2 heterocycles. The van der Waals surface area contributed by atoms with Crippen LogP contribution in [0, 0.1) is 0 Å².